The highest BCUT2D eigenvalue weighted by Gasteiger charge is 2.24. The lowest BCUT2D eigenvalue weighted by Gasteiger charge is -2.18. The lowest BCUT2D eigenvalue weighted by molar-refractivity contribution is -0.120. The fourth-order valence-corrected chi connectivity index (χ4v) is 2.21. The van der Waals surface area contributed by atoms with Gasteiger partial charge in [-0.1, -0.05) is 31.7 Å². The molecule has 0 saturated carbocycles. The Bertz CT molecular complexity index is 395. The third kappa shape index (κ3) is 4.44. The summed E-state index contributed by atoms with van der Waals surface area (Å²) in [4.78, 5) is 26.5. The third-order valence-corrected chi connectivity index (χ3v) is 3.49. The van der Waals surface area contributed by atoms with Crippen molar-refractivity contribution in [3.05, 3.63) is 24.4 Å². The lowest BCUT2D eigenvalue weighted by Crippen LogP contribution is -2.42. The summed E-state index contributed by atoms with van der Waals surface area (Å²) in [5.41, 5.74) is 4.93. The van der Waals surface area contributed by atoms with Crippen LogP contribution in [0.4, 0.5) is 4.79 Å². The Morgan fingerprint density at radius 1 is 1.41 bits per heavy atom. The summed E-state index contributed by atoms with van der Waals surface area (Å²) in [5, 5.41) is 2.45. The molecule has 0 radical (unpaired) electrons. The number of pyridine rings is 1. The molecule has 0 spiro atoms. The molecule has 0 unspecified atom stereocenters. The van der Waals surface area contributed by atoms with Crippen molar-refractivity contribution in [2.45, 2.75) is 24.1 Å². The van der Waals surface area contributed by atoms with Gasteiger partial charge in [-0.25, -0.2) is 9.78 Å². The Hall–Kier alpha value is -1.56. The van der Waals surface area contributed by atoms with Gasteiger partial charge in [-0.05, 0) is 18.1 Å². The van der Waals surface area contributed by atoms with Crippen molar-refractivity contribution < 1.29 is 9.59 Å². The number of rotatable bonds is 4. The normalized spacial score (nSPS) is 12.2. The van der Waals surface area contributed by atoms with E-state index >= 15 is 0 Å². The number of imide groups is 1. The minimum absolute atomic E-state index is 0.0707. The quantitative estimate of drug-likeness (QED) is 0.794. The van der Waals surface area contributed by atoms with Crippen molar-refractivity contribution in [1.29, 1.82) is 0 Å². The van der Waals surface area contributed by atoms with Gasteiger partial charge < -0.3 is 5.73 Å². The molecule has 3 amide bonds. The monoisotopic (exact) mass is 253 g/mol. The highest BCUT2D eigenvalue weighted by atomic mass is 32.2. The third-order valence-electron chi connectivity index (χ3n) is 2.00. The Morgan fingerprint density at radius 2 is 2.12 bits per heavy atom. The van der Waals surface area contributed by atoms with Crippen molar-refractivity contribution in [1.82, 2.24) is 10.3 Å². The molecule has 17 heavy (non-hydrogen) atoms. The number of urea groups is 1. The van der Waals surface area contributed by atoms with E-state index in [0.717, 1.165) is 5.03 Å². The molecule has 0 fully saturated rings. The maximum atomic E-state index is 11.7. The SMILES string of the molecule is CC(C)[C@@H](Sc1ccccn1)C(=O)NC(N)=O. The molecule has 6 heteroatoms. The zero-order valence-corrected chi connectivity index (χ0v) is 10.5. The fourth-order valence-electron chi connectivity index (χ4n) is 1.23. The zero-order valence-electron chi connectivity index (χ0n) is 9.71. The van der Waals surface area contributed by atoms with Crippen LogP contribution in [0.2, 0.25) is 0 Å². The van der Waals surface area contributed by atoms with E-state index in [1.54, 1.807) is 12.3 Å². The largest absolute Gasteiger partial charge is 0.351 e. The number of hydrogen-bond acceptors (Lipinski definition) is 4. The predicted molar refractivity (Wildman–Crippen MR) is 66.4 cm³/mol. The molecular formula is C11H15N3O2S. The van der Waals surface area contributed by atoms with Gasteiger partial charge in [0.05, 0.1) is 10.3 Å². The van der Waals surface area contributed by atoms with E-state index in [1.807, 2.05) is 26.0 Å². The molecule has 1 heterocycles. The van der Waals surface area contributed by atoms with Crippen LogP contribution in [0, 0.1) is 5.92 Å². The first kappa shape index (κ1) is 13.5. The number of carbonyl (C=O) groups excluding carboxylic acids is 2. The predicted octanol–water partition coefficient (Wildman–Crippen LogP) is 1.39. The molecule has 0 aliphatic rings. The molecule has 0 aliphatic heterocycles. The number of aromatic nitrogens is 1. The molecule has 0 aromatic carbocycles. The van der Waals surface area contributed by atoms with Gasteiger partial charge in [-0.15, -0.1) is 0 Å². The first-order valence-corrected chi connectivity index (χ1v) is 6.06. The molecule has 5 nitrogen and oxygen atoms in total. The molecule has 0 saturated heterocycles. The molecule has 1 atom stereocenters. The van der Waals surface area contributed by atoms with Crippen molar-refractivity contribution >= 4 is 23.7 Å². The number of hydrogen-bond donors (Lipinski definition) is 2. The summed E-state index contributed by atoms with van der Waals surface area (Å²) in [5.74, 6) is -0.315. The van der Waals surface area contributed by atoms with Crippen LogP contribution in [0.5, 0.6) is 0 Å². The van der Waals surface area contributed by atoms with Gasteiger partial charge in [-0.3, -0.25) is 10.1 Å². The van der Waals surface area contributed by atoms with Crippen LogP contribution in [0.25, 0.3) is 0 Å². The van der Waals surface area contributed by atoms with E-state index < -0.39 is 11.3 Å². The molecule has 0 aliphatic carbocycles. The smallest absolute Gasteiger partial charge is 0.318 e. The van der Waals surface area contributed by atoms with Crippen LogP contribution in [0.3, 0.4) is 0 Å². The van der Waals surface area contributed by atoms with Crippen LogP contribution in [0.1, 0.15) is 13.8 Å². The molecule has 3 N–H and O–H groups in total. The van der Waals surface area contributed by atoms with Gasteiger partial charge in [-0.2, -0.15) is 0 Å². The summed E-state index contributed by atoms with van der Waals surface area (Å²) in [6, 6.07) is 4.64. The van der Waals surface area contributed by atoms with Crippen molar-refractivity contribution in [3.8, 4) is 0 Å². The molecule has 92 valence electrons. The second-order valence-corrected chi connectivity index (χ2v) is 4.97. The maximum absolute atomic E-state index is 11.7. The topological polar surface area (TPSA) is 85.1 Å². The van der Waals surface area contributed by atoms with E-state index in [4.69, 9.17) is 5.73 Å². The van der Waals surface area contributed by atoms with Gasteiger partial charge in [0.1, 0.15) is 0 Å². The standard InChI is InChI=1S/C11H15N3O2S/c1-7(2)9(10(15)14-11(12)16)17-8-5-3-4-6-13-8/h3-7,9H,1-2H3,(H3,12,14,15,16)/t9-/m1/s1. The summed E-state index contributed by atoms with van der Waals surface area (Å²) >= 11 is 1.32. The first-order valence-electron chi connectivity index (χ1n) is 5.18. The first-order chi connectivity index (χ1) is 8.00. The fraction of sp³-hybridized carbons (Fsp3) is 0.364. The number of primary amides is 1. The minimum Gasteiger partial charge on any atom is -0.351 e. The average Bonchev–Trinajstić information content (AvgIpc) is 2.25. The van der Waals surface area contributed by atoms with Gasteiger partial charge in [0.25, 0.3) is 0 Å². The van der Waals surface area contributed by atoms with E-state index in [2.05, 4.69) is 10.3 Å². The summed E-state index contributed by atoms with van der Waals surface area (Å²) in [6.45, 7) is 3.81. The van der Waals surface area contributed by atoms with E-state index in [9.17, 15) is 9.59 Å². The maximum Gasteiger partial charge on any atom is 0.318 e. The van der Waals surface area contributed by atoms with Gasteiger partial charge in [0.15, 0.2) is 0 Å². The Labute approximate surface area is 104 Å². The van der Waals surface area contributed by atoms with Crippen LogP contribution >= 0.6 is 11.8 Å². The van der Waals surface area contributed by atoms with Crippen LogP contribution in [0.15, 0.2) is 29.4 Å². The second-order valence-electron chi connectivity index (χ2n) is 3.80. The summed E-state index contributed by atoms with van der Waals surface area (Å²) in [6.07, 6.45) is 1.66. The summed E-state index contributed by atoms with van der Waals surface area (Å²) < 4.78 is 0. The van der Waals surface area contributed by atoms with Gasteiger partial charge in [0.2, 0.25) is 5.91 Å². The Balaban J connectivity index is 2.73. The number of carbonyl (C=O) groups is 2. The number of nitrogens with one attached hydrogen (secondary N) is 1. The van der Waals surface area contributed by atoms with E-state index in [0.29, 0.717) is 0 Å². The average molecular weight is 253 g/mol. The van der Waals surface area contributed by atoms with E-state index in [1.165, 1.54) is 11.8 Å². The highest BCUT2D eigenvalue weighted by Crippen LogP contribution is 2.26. The highest BCUT2D eigenvalue weighted by molar-refractivity contribution is 8.00. The van der Waals surface area contributed by atoms with Crippen molar-refractivity contribution in [3.63, 3.8) is 0 Å². The molecule has 1 aromatic heterocycles. The number of thioether (sulfide) groups is 1. The zero-order chi connectivity index (χ0) is 12.8. The van der Waals surface area contributed by atoms with Crippen molar-refractivity contribution in [2.75, 3.05) is 0 Å². The molecular weight excluding hydrogens is 238 g/mol. The van der Waals surface area contributed by atoms with Gasteiger partial charge >= 0.3 is 6.03 Å². The summed E-state index contributed by atoms with van der Waals surface area (Å²) in [7, 11) is 0. The molecule has 1 rings (SSSR count). The van der Waals surface area contributed by atoms with Crippen LogP contribution < -0.4 is 11.1 Å². The van der Waals surface area contributed by atoms with Crippen LogP contribution in [-0.4, -0.2) is 22.2 Å². The second kappa shape index (κ2) is 6.24. The molecule has 1 aromatic rings. The van der Waals surface area contributed by atoms with Gasteiger partial charge in [0, 0.05) is 6.20 Å². The number of nitrogens with zero attached hydrogens (tertiary/aromatic N) is 1. The Kier molecular flexibility index (Phi) is 4.96. The number of nitrogens with two attached hydrogens (primary N) is 1. The van der Waals surface area contributed by atoms with Crippen molar-refractivity contribution in [2.24, 2.45) is 11.7 Å². The lowest BCUT2D eigenvalue weighted by atomic mass is 10.1. The number of amides is 3. The Morgan fingerprint density at radius 3 is 2.59 bits per heavy atom. The minimum atomic E-state index is -0.831. The molecule has 0 bridgehead atoms. The van der Waals surface area contributed by atoms with E-state index in [-0.39, 0.29) is 11.8 Å². The van der Waals surface area contributed by atoms with Crippen LogP contribution in [-0.2, 0) is 4.79 Å².